The van der Waals surface area contributed by atoms with Crippen molar-refractivity contribution in [1.29, 1.82) is 0 Å². The minimum atomic E-state index is -4.46. The first-order valence-electron chi connectivity index (χ1n) is 18.0. The second kappa shape index (κ2) is 15.5. The summed E-state index contributed by atoms with van der Waals surface area (Å²) >= 11 is 0.843. The van der Waals surface area contributed by atoms with E-state index < -0.39 is 51.7 Å². The van der Waals surface area contributed by atoms with E-state index in [4.69, 9.17) is 5.26 Å². The molecule has 18 heteroatoms. The van der Waals surface area contributed by atoms with Crippen molar-refractivity contribution in [2.75, 3.05) is 18.0 Å². The summed E-state index contributed by atoms with van der Waals surface area (Å²) in [5.41, 5.74) is 3.82. The van der Waals surface area contributed by atoms with E-state index in [1.165, 1.54) is 26.0 Å². The van der Waals surface area contributed by atoms with Crippen LogP contribution in [-0.4, -0.2) is 78.0 Å². The van der Waals surface area contributed by atoms with Gasteiger partial charge in [0.2, 0.25) is 5.69 Å². The van der Waals surface area contributed by atoms with Gasteiger partial charge in [0.1, 0.15) is 0 Å². The van der Waals surface area contributed by atoms with Gasteiger partial charge in [-0.2, -0.15) is 29.8 Å². The molecule has 14 nitrogen and oxygen atoms in total. The van der Waals surface area contributed by atoms with Crippen molar-refractivity contribution >= 4 is 81.0 Å². The van der Waals surface area contributed by atoms with Crippen LogP contribution in [0.4, 0.5) is 11.4 Å². The van der Waals surface area contributed by atoms with Gasteiger partial charge in [0.05, 0.1) is 32.9 Å². The Balaban J connectivity index is 1.48. The summed E-state index contributed by atoms with van der Waals surface area (Å²) in [6, 6.07) is 17.5. The summed E-state index contributed by atoms with van der Waals surface area (Å²) in [4.78, 5) is 2.44. The Bertz CT molecular complexity index is 2710. The second-order valence-corrected chi connectivity index (χ2v) is 21.3. The molecule has 4 N–H and O–H groups in total. The molecular formula is C39H45N2O12S4+. The Morgan fingerprint density at radius 3 is 2.05 bits per heavy atom. The quantitative estimate of drug-likeness (QED) is 0.0316. The van der Waals surface area contributed by atoms with Gasteiger partial charge in [-0.05, 0) is 104 Å². The standard InChI is InChI=1S/C39H44N2O12S4/c1-24(55(43,44)45)18-20-40-32-16-10-26-22-28(54-53-52-42)12-14-30(26)36(32)38(3,4)34(40)8-7-9-35-39(5,6)37-31-15-13-29(57(49,50)51)23-27(31)11-17-33(37)41(35)21-19-25(2)56(46,47)48/h7-17,22-25H,18-21H2,1-6H3,(H3-,42,43,44,45,46,47,48,49,50,51)/p+1. The molecule has 0 bridgehead atoms. The van der Waals surface area contributed by atoms with E-state index in [1.807, 2.05) is 73.4 Å². The molecular weight excluding hydrogens is 817 g/mol. The van der Waals surface area contributed by atoms with Crippen LogP contribution in [0.15, 0.2) is 94.4 Å². The van der Waals surface area contributed by atoms with Gasteiger partial charge in [0.25, 0.3) is 30.4 Å². The fourth-order valence-corrected chi connectivity index (χ4v) is 9.77. The maximum Gasteiger partial charge on any atom is 0.294 e. The first-order chi connectivity index (χ1) is 26.5. The van der Waals surface area contributed by atoms with Gasteiger partial charge in [-0.1, -0.05) is 43.2 Å². The maximum absolute atomic E-state index is 12.1. The Kier molecular flexibility index (Phi) is 11.7. The first-order valence-corrected chi connectivity index (χ1v) is 23.2. The SMILES string of the molecule is CC(CCN1/C(=C/C=CC2=[N+](CCC(C)S(=O)(=O)O)c3ccc4cc(SOOO)ccc4c3C2(C)C)C(C)(C)c2c1ccc1cc(S(=O)(=O)O)ccc21)S(=O)(=O)O. The van der Waals surface area contributed by atoms with Crippen LogP contribution in [0.25, 0.3) is 21.5 Å². The van der Waals surface area contributed by atoms with Crippen LogP contribution in [0.1, 0.15) is 65.5 Å². The maximum atomic E-state index is 12.1. The molecule has 0 saturated heterocycles. The largest absolute Gasteiger partial charge is 0.344 e. The fourth-order valence-electron chi connectivity index (χ4n) is 8.04. The Morgan fingerprint density at radius 2 is 1.40 bits per heavy atom. The minimum absolute atomic E-state index is 0.0982. The van der Waals surface area contributed by atoms with Gasteiger partial charge >= 0.3 is 0 Å². The molecule has 0 fully saturated rings. The van der Waals surface area contributed by atoms with E-state index in [-0.39, 0.29) is 30.8 Å². The summed E-state index contributed by atoms with van der Waals surface area (Å²) in [7, 11) is -13.1. The molecule has 2 aliphatic heterocycles. The Hall–Kier alpha value is -3.69. The Labute approximate surface area is 336 Å². The van der Waals surface area contributed by atoms with Crippen LogP contribution in [0, 0.1) is 0 Å². The highest BCUT2D eigenvalue weighted by atomic mass is 32.2. The first kappa shape index (κ1) is 42.9. The summed E-state index contributed by atoms with van der Waals surface area (Å²) in [5, 5.41) is 13.5. The van der Waals surface area contributed by atoms with Gasteiger partial charge in [-0.15, -0.1) is 4.33 Å². The van der Waals surface area contributed by atoms with Crippen LogP contribution < -0.4 is 4.90 Å². The van der Waals surface area contributed by atoms with Crippen LogP contribution in [-0.2, 0) is 50.6 Å². The molecule has 0 amide bonds. The summed E-state index contributed by atoms with van der Waals surface area (Å²) < 4.78 is 108. The van der Waals surface area contributed by atoms with Crippen LogP contribution in [0.2, 0.25) is 0 Å². The zero-order valence-corrected chi connectivity index (χ0v) is 35.3. The number of anilines is 1. The number of nitrogens with zero attached hydrogens (tertiary/aromatic N) is 2. The summed E-state index contributed by atoms with van der Waals surface area (Å²) in [6.07, 6.45) is 6.02. The number of hydrogen-bond donors (Lipinski definition) is 4. The normalized spacial score (nSPS) is 18.6. The van der Waals surface area contributed by atoms with Crippen molar-refractivity contribution in [2.24, 2.45) is 0 Å². The molecule has 57 heavy (non-hydrogen) atoms. The highest BCUT2D eigenvalue weighted by Crippen LogP contribution is 2.51. The Morgan fingerprint density at radius 1 is 0.789 bits per heavy atom. The number of fused-ring (bicyclic) bond motifs is 6. The van der Waals surface area contributed by atoms with E-state index in [0.717, 1.165) is 62.1 Å². The van der Waals surface area contributed by atoms with Gasteiger partial charge in [0, 0.05) is 52.4 Å². The zero-order valence-electron chi connectivity index (χ0n) is 32.1. The molecule has 2 unspecified atom stereocenters. The van der Waals surface area contributed by atoms with Crippen molar-refractivity contribution < 1.29 is 58.1 Å². The lowest BCUT2D eigenvalue weighted by molar-refractivity contribution is -0.438. The third-order valence-electron chi connectivity index (χ3n) is 11.1. The van der Waals surface area contributed by atoms with E-state index in [2.05, 4.69) is 27.8 Å². The lowest BCUT2D eigenvalue weighted by Gasteiger charge is -2.27. The van der Waals surface area contributed by atoms with Gasteiger partial charge in [0.15, 0.2) is 12.3 Å². The lowest BCUT2D eigenvalue weighted by Crippen LogP contribution is -2.30. The molecule has 0 spiro atoms. The minimum Gasteiger partial charge on any atom is -0.344 e. The average Bonchev–Trinajstić information content (AvgIpc) is 3.48. The number of rotatable bonds is 14. The predicted molar refractivity (Wildman–Crippen MR) is 220 cm³/mol. The lowest BCUT2D eigenvalue weighted by atomic mass is 9.79. The molecule has 4 aromatic carbocycles. The van der Waals surface area contributed by atoms with Crippen LogP contribution in [0.5, 0.6) is 0 Å². The molecule has 4 aromatic rings. The van der Waals surface area contributed by atoms with E-state index in [9.17, 15) is 38.9 Å². The average molecular weight is 862 g/mol. The number of benzene rings is 4. The van der Waals surface area contributed by atoms with E-state index in [1.54, 1.807) is 12.1 Å². The molecule has 0 radical (unpaired) electrons. The molecule has 306 valence electrons. The highest BCUT2D eigenvalue weighted by molar-refractivity contribution is 7.94. The number of allylic oxidation sites excluding steroid dienone is 4. The van der Waals surface area contributed by atoms with Crippen molar-refractivity contribution in [3.05, 3.63) is 95.7 Å². The molecule has 2 atom stereocenters. The van der Waals surface area contributed by atoms with Gasteiger partial charge in [-0.25, -0.2) is 5.26 Å². The molecule has 6 rings (SSSR count). The van der Waals surface area contributed by atoms with Gasteiger partial charge < -0.3 is 4.90 Å². The predicted octanol–water partition coefficient (Wildman–Crippen LogP) is 7.61. The monoisotopic (exact) mass is 861 g/mol. The zero-order chi connectivity index (χ0) is 41.9. The van der Waals surface area contributed by atoms with E-state index >= 15 is 0 Å². The third kappa shape index (κ3) is 8.30. The van der Waals surface area contributed by atoms with Crippen LogP contribution >= 0.6 is 12.0 Å². The summed E-state index contributed by atoms with van der Waals surface area (Å²) in [6.45, 7) is 11.5. The summed E-state index contributed by atoms with van der Waals surface area (Å²) in [5.74, 6) is 0. The molecule has 0 aliphatic carbocycles. The van der Waals surface area contributed by atoms with Crippen molar-refractivity contribution in [2.45, 2.75) is 85.5 Å². The van der Waals surface area contributed by atoms with Crippen LogP contribution in [0.3, 0.4) is 0 Å². The number of hydrogen-bond acceptors (Lipinski definition) is 11. The van der Waals surface area contributed by atoms with Crippen molar-refractivity contribution in [3.8, 4) is 0 Å². The molecule has 2 heterocycles. The topological polar surface area (TPSA) is 208 Å². The molecule has 2 aliphatic rings. The fraction of sp³-hybridized carbons (Fsp3) is 0.359. The second-order valence-electron chi connectivity index (χ2n) is 15.5. The molecule has 0 aromatic heterocycles. The van der Waals surface area contributed by atoms with E-state index in [0.29, 0.717) is 10.3 Å². The van der Waals surface area contributed by atoms with Gasteiger partial charge in [-0.3, -0.25) is 13.7 Å². The smallest absolute Gasteiger partial charge is 0.294 e. The van der Waals surface area contributed by atoms with Crippen molar-refractivity contribution in [1.82, 2.24) is 0 Å². The third-order valence-corrected chi connectivity index (χ3v) is 15.1. The highest BCUT2D eigenvalue weighted by Gasteiger charge is 2.46. The van der Waals surface area contributed by atoms with Crippen molar-refractivity contribution in [3.63, 3.8) is 0 Å². The molecule has 0 saturated carbocycles.